The SMILES string of the molecule is CCC1OC(CC)C(CC)C(=O)C1CC. The number of hydrogen-bond donors (Lipinski definition) is 0. The summed E-state index contributed by atoms with van der Waals surface area (Å²) in [5.74, 6) is 0.732. The normalized spacial score (nSPS) is 36.9. The standard InChI is InChI=1S/C13H24O2/c1-5-9-11(7-3)15-12(8-4)10(6-2)13(9)14/h9-12H,5-8H2,1-4H3. The highest BCUT2D eigenvalue weighted by Gasteiger charge is 2.41. The number of rotatable bonds is 4. The molecule has 1 heterocycles. The molecule has 1 fully saturated rings. The van der Waals surface area contributed by atoms with Gasteiger partial charge in [-0.15, -0.1) is 0 Å². The zero-order chi connectivity index (χ0) is 11.4. The van der Waals surface area contributed by atoms with Crippen LogP contribution in [0.15, 0.2) is 0 Å². The molecule has 4 unspecified atom stereocenters. The number of Topliss-reactive ketones (excluding diaryl/α,β-unsaturated/α-hetero) is 1. The van der Waals surface area contributed by atoms with Gasteiger partial charge in [0, 0.05) is 11.8 Å². The highest BCUT2D eigenvalue weighted by atomic mass is 16.5. The molecule has 0 aromatic rings. The summed E-state index contributed by atoms with van der Waals surface area (Å²) in [6.07, 6.45) is 4.08. The lowest BCUT2D eigenvalue weighted by atomic mass is 9.78. The van der Waals surface area contributed by atoms with Crippen LogP contribution in [0.4, 0.5) is 0 Å². The van der Waals surface area contributed by atoms with E-state index >= 15 is 0 Å². The summed E-state index contributed by atoms with van der Waals surface area (Å²) in [6, 6.07) is 0. The second-order valence-corrected chi connectivity index (χ2v) is 4.46. The second kappa shape index (κ2) is 5.64. The number of ether oxygens (including phenoxy) is 1. The van der Waals surface area contributed by atoms with Crippen LogP contribution >= 0.6 is 0 Å². The summed E-state index contributed by atoms with van der Waals surface area (Å²) in [7, 11) is 0. The quantitative estimate of drug-likeness (QED) is 0.715. The average Bonchev–Trinajstić information content (AvgIpc) is 2.27. The van der Waals surface area contributed by atoms with Crippen LogP contribution in [0.1, 0.15) is 53.4 Å². The molecule has 1 aliphatic heterocycles. The lowest BCUT2D eigenvalue weighted by molar-refractivity contribution is -0.159. The minimum atomic E-state index is 0.141. The monoisotopic (exact) mass is 212 g/mol. The first-order valence-electron chi connectivity index (χ1n) is 6.38. The van der Waals surface area contributed by atoms with E-state index in [4.69, 9.17) is 4.74 Å². The fourth-order valence-electron chi connectivity index (χ4n) is 2.75. The van der Waals surface area contributed by atoms with Gasteiger partial charge < -0.3 is 4.74 Å². The molecule has 0 aromatic carbocycles. The van der Waals surface area contributed by atoms with Gasteiger partial charge in [0.2, 0.25) is 0 Å². The molecule has 0 saturated carbocycles. The van der Waals surface area contributed by atoms with Gasteiger partial charge in [0.1, 0.15) is 5.78 Å². The van der Waals surface area contributed by atoms with Gasteiger partial charge in [0.25, 0.3) is 0 Å². The fourth-order valence-corrected chi connectivity index (χ4v) is 2.75. The van der Waals surface area contributed by atoms with Gasteiger partial charge in [-0.3, -0.25) is 4.79 Å². The van der Waals surface area contributed by atoms with Crippen LogP contribution < -0.4 is 0 Å². The first kappa shape index (κ1) is 12.7. The Morgan fingerprint density at radius 1 is 0.867 bits per heavy atom. The van der Waals surface area contributed by atoms with Crippen LogP contribution in [0.2, 0.25) is 0 Å². The molecule has 0 spiro atoms. The third kappa shape index (κ3) is 2.41. The summed E-state index contributed by atoms with van der Waals surface area (Å²) in [5, 5.41) is 0. The zero-order valence-electron chi connectivity index (χ0n) is 10.5. The smallest absolute Gasteiger partial charge is 0.144 e. The molecule has 2 heteroatoms. The first-order valence-corrected chi connectivity index (χ1v) is 6.38. The molecule has 0 amide bonds. The predicted molar refractivity (Wildman–Crippen MR) is 61.8 cm³/mol. The molecule has 1 saturated heterocycles. The van der Waals surface area contributed by atoms with Crippen molar-refractivity contribution >= 4 is 5.78 Å². The molecule has 0 radical (unpaired) electrons. The van der Waals surface area contributed by atoms with Crippen LogP contribution in [-0.4, -0.2) is 18.0 Å². The van der Waals surface area contributed by atoms with E-state index in [0.29, 0.717) is 5.78 Å². The maximum absolute atomic E-state index is 12.2. The lowest BCUT2D eigenvalue weighted by Gasteiger charge is -2.39. The Morgan fingerprint density at radius 2 is 1.27 bits per heavy atom. The van der Waals surface area contributed by atoms with Crippen molar-refractivity contribution in [3.63, 3.8) is 0 Å². The zero-order valence-corrected chi connectivity index (χ0v) is 10.5. The van der Waals surface area contributed by atoms with Gasteiger partial charge in [-0.2, -0.15) is 0 Å². The third-order valence-electron chi connectivity index (χ3n) is 3.66. The Balaban J connectivity index is 2.82. The summed E-state index contributed by atoms with van der Waals surface area (Å²) in [4.78, 5) is 12.2. The van der Waals surface area contributed by atoms with Crippen molar-refractivity contribution in [3.8, 4) is 0 Å². The Morgan fingerprint density at radius 3 is 1.53 bits per heavy atom. The molecular weight excluding hydrogens is 188 g/mol. The van der Waals surface area contributed by atoms with Crippen molar-refractivity contribution in [1.29, 1.82) is 0 Å². The Bertz CT molecular complexity index is 193. The van der Waals surface area contributed by atoms with Gasteiger partial charge in [0.15, 0.2) is 0 Å². The second-order valence-electron chi connectivity index (χ2n) is 4.46. The van der Waals surface area contributed by atoms with E-state index in [-0.39, 0.29) is 24.0 Å². The van der Waals surface area contributed by atoms with E-state index in [9.17, 15) is 4.79 Å². The van der Waals surface area contributed by atoms with Gasteiger partial charge >= 0.3 is 0 Å². The van der Waals surface area contributed by atoms with Crippen molar-refractivity contribution in [1.82, 2.24) is 0 Å². The largest absolute Gasteiger partial charge is 0.374 e. The summed E-state index contributed by atoms with van der Waals surface area (Å²) >= 11 is 0. The lowest BCUT2D eigenvalue weighted by Crippen LogP contribution is -2.47. The number of hydrogen-bond acceptors (Lipinski definition) is 2. The molecule has 4 atom stereocenters. The number of ketones is 1. The van der Waals surface area contributed by atoms with Crippen molar-refractivity contribution in [2.75, 3.05) is 0 Å². The average molecular weight is 212 g/mol. The molecule has 2 nitrogen and oxygen atoms in total. The molecule has 1 aliphatic rings. The Hall–Kier alpha value is -0.370. The third-order valence-corrected chi connectivity index (χ3v) is 3.66. The van der Waals surface area contributed by atoms with E-state index < -0.39 is 0 Å². The van der Waals surface area contributed by atoms with Crippen molar-refractivity contribution in [3.05, 3.63) is 0 Å². The van der Waals surface area contributed by atoms with E-state index in [1.165, 1.54) is 0 Å². The van der Waals surface area contributed by atoms with Crippen molar-refractivity contribution in [2.45, 2.75) is 65.6 Å². The number of carbonyl (C=O) groups is 1. The Labute approximate surface area is 93.4 Å². The van der Waals surface area contributed by atoms with Gasteiger partial charge in [0.05, 0.1) is 12.2 Å². The molecular formula is C13H24O2. The minimum Gasteiger partial charge on any atom is -0.374 e. The molecule has 0 aliphatic carbocycles. The van der Waals surface area contributed by atoms with Crippen LogP contribution in [-0.2, 0) is 9.53 Å². The first-order chi connectivity index (χ1) is 7.19. The van der Waals surface area contributed by atoms with Crippen LogP contribution in [0.5, 0.6) is 0 Å². The molecule has 0 aromatic heterocycles. The molecule has 88 valence electrons. The Kier molecular flexibility index (Phi) is 4.78. The van der Waals surface area contributed by atoms with Crippen LogP contribution in [0.25, 0.3) is 0 Å². The van der Waals surface area contributed by atoms with Crippen molar-refractivity contribution < 1.29 is 9.53 Å². The summed E-state index contributed by atoms with van der Waals surface area (Å²) < 4.78 is 6.04. The highest BCUT2D eigenvalue weighted by Crippen LogP contribution is 2.33. The van der Waals surface area contributed by atoms with E-state index in [2.05, 4.69) is 27.7 Å². The van der Waals surface area contributed by atoms with Crippen LogP contribution in [0.3, 0.4) is 0 Å². The van der Waals surface area contributed by atoms with Crippen molar-refractivity contribution in [2.24, 2.45) is 11.8 Å². The highest BCUT2D eigenvalue weighted by molar-refractivity contribution is 5.85. The summed E-state index contributed by atoms with van der Waals surface area (Å²) in [6.45, 7) is 8.40. The van der Waals surface area contributed by atoms with E-state index in [1.54, 1.807) is 0 Å². The van der Waals surface area contributed by atoms with E-state index in [0.717, 1.165) is 25.7 Å². The molecule has 1 rings (SSSR count). The van der Waals surface area contributed by atoms with Gasteiger partial charge in [-0.05, 0) is 25.7 Å². The molecule has 0 N–H and O–H groups in total. The predicted octanol–water partition coefficient (Wildman–Crippen LogP) is 3.20. The van der Waals surface area contributed by atoms with Gasteiger partial charge in [-0.1, -0.05) is 27.7 Å². The maximum Gasteiger partial charge on any atom is 0.144 e. The molecule has 0 bridgehead atoms. The minimum absolute atomic E-state index is 0.141. The van der Waals surface area contributed by atoms with Crippen LogP contribution in [0, 0.1) is 11.8 Å². The summed E-state index contributed by atoms with van der Waals surface area (Å²) in [5.41, 5.74) is 0. The van der Waals surface area contributed by atoms with E-state index in [1.807, 2.05) is 0 Å². The topological polar surface area (TPSA) is 26.3 Å². The van der Waals surface area contributed by atoms with Gasteiger partial charge in [-0.25, -0.2) is 0 Å². The fraction of sp³-hybridized carbons (Fsp3) is 0.923. The molecule has 15 heavy (non-hydrogen) atoms. The maximum atomic E-state index is 12.2. The number of carbonyl (C=O) groups excluding carboxylic acids is 1.